The zero-order valence-electron chi connectivity index (χ0n) is 7.14. The molecule has 0 aliphatic carbocycles. The summed E-state index contributed by atoms with van der Waals surface area (Å²) in [6.07, 6.45) is -4.34. The van der Waals surface area contributed by atoms with Crippen molar-refractivity contribution in [3.8, 4) is 5.75 Å². The highest BCUT2D eigenvalue weighted by molar-refractivity contribution is 9.10. The van der Waals surface area contributed by atoms with E-state index >= 15 is 0 Å². The predicted octanol–water partition coefficient (Wildman–Crippen LogP) is 2.74. The van der Waals surface area contributed by atoms with Crippen LogP contribution in [-0.2, 0) is 0 Å². The van der Waals surface area contributed by atoms with Crippen molar-refractivity contribution in [2.24, 2.45) is 0 Å². The molecule has 7 heteroatoms. The van der Waals surface area contributed by atoms with Crippen LogP contribution in [0.5, 0.6) is 5.75 Å². The molecule has 0 aromatic heterocycles. The first-order chi connectivity index (χ1) is 6.83. The van der Waals surface area contributed by atoms with Gasteiger partial charge in [-0.25, -0.2) is 0 Å². The van der Waals surface area contributed by atoms with Crippen LogP contribution in [0.4, 0.5) is 18.9 Å². The smallest absolute Gasteiger partial charge is 0.406 e. The monoisotopic (exact) mass is 283 g/mol. The van der Waals surface area contributed by atoms with Crippen LogP contribution in [0, 0.1) is 0 Å². The predicted molar refractivity (Wildman–Crippen MR) is 50.6 cm³/mol. The van der Waals surface area contributed by atoms with Gasteiger partial charge < -0.3 is 10.5 Å². The van der Waals surface area contributed by atoms with Crippen LogP contribution < -0.4 is 10.5 Å². The van der Waals surface area contributed by atoms with Gasteiger partial charge in [0.1, 0.15) is 5.75 Å². The highest BCUT2D eigenvalue weighted by atomic mass is 79.9. The van der Waals surface area contributed by atoms with Crippen molar-refractivity contribution in [3.63, 3.8) is 0 Å². The lowest BCUT2D eigenvalue weighted by atomic mass is 10.2. The Bertz CT molecular complexity index is 369. The molecule has 0 aliphatic rings. The van der Waals surface area contributed by atoms with Gasteiger partial charge in [0.25, 0.3) is 0 Å². The molecule has 0 heterocycles. The first-order valence-corrected chi connectivity index (χ1v) is 4.42. The molecule has 0 atom stereocenters. The summed E-state index contributed by atoms with van der Waals surface area (Å²) in [5.74, 6) is -0.475. The molecule has 0 fully saturated rings. The van der Waals surface area contributed by atoms with Crippen molar-refractivity contribution in [1.82, 2.24) is 0 Å². The van der Waals surface area contributed by atoms with Crippen LogP contribution in [0.2, 0.25) is 0 Å². The van der Waals surface area contributed by atoms with Crippen LogP contribution in [0.3, 0.4) is 0 Å². The first kappa shape index (κ1) is 11.8. The summed E-state index contributed by atoms with van der Waals surface area (Å²) < 4.78 is 39.3. The number of carbonyl (C=O) groups excluding carboxylic acids is 1. The van der Waals surface area contributed by atoms with Gasteiger partial charge >= 0.3 is 6.36 Å². The molecule has 0 spiro atoms. The van der Waals surface area contributed by atoms with Crippen molar-refractivity contribution < 1.29 is 22.7 Å². The number of anilines is 1. The van der Waals surface area contributed by atoms with E-state index in [2.05, 4.69) is 20.7 Å². The van der Waals surface area contributed by atoms with E-state index in [9.17, 15) is 18.0 Å². The number of nitrogen functional groups attached to an aromatic ring is 1. The summed E-state index contributed by atoms with van der Waals surface area (Å²) in [5.41, 5.74) is 5.35. The highest BCUT2D eigenvalue weighted by Gasteiger charge is 2.31. The minimum absolute atomic E-state index is 0.0846. The number of carbonyl (C=O) groups is 1. The molecule has 82 valence electrons. The zero-order chi connectivity index (χ0) is 11.6. The number of hydrogen-bond acceptors (Lipinski definition) is 3. The van der Waals surface area contributed by atoms with Gasteiger partial charge in [-0.3, -0.25) is 4.79 Å². The van der Waals surface area contributed by atoms with E-state index in [-0.39, 0.29) is 15.7 Å². The second-order valence-electron chi connectivity index (χ2n) is 2.57. The number of alkyl halides is 3. The van der Waals surface area contributed by atoms with Gasteiger partial charge in [-0.05, 0) is 22.0 Å². The molecule has 15 heavy (non-hydrogen) atoms. The van der Waals surface area contributed by atoms with Gasteiger partial charge in [-0.1, -0.05) is 0 Å². The molecule has 3 nitrogen and oxygen atoms in total. The lowest BCUT2D eigenvalue weighted by molar-refractivity contribution is -0.274. The third kappa shape index (κ3) is 3.12. The number of nitrogens with two attached hydrogens (primary N) is 1. The van der Waals surface area contributed by atoms with E-state index in [1.165, 1.54) is 0 Å². The molecule has 1 aromatic carbocycles. The Morgan fingerprint density at radius 3 is 2.40 bits per heavy atom. The first-order valence-electron chi connectivity index (χ1n) is 3.63. The van der Waals surface area contributed by atoms with Crippen LogP contribution in [-0.4, -0.2) is 12.6 Å². The Labute approximate surface area is 91.1 Å². The van der Waals surface area contributed by atoms with Gasteiger partial charge in [-0.15, -0.1) is 13.2 Å². The van der Waals surface area contributed by atoms with E-state index in [0.29, 0.717) is 6.29 Å². The standard InChI is InChI=1S/C8H5BrF3NO2/c9-6-1-4(15-8(10,11)12)2-7(13)5(6)3-14/h1-3H,13H2. The van der Waals surface area contributed by atoms with E-state index < -0.39 is 12.1 Å². The summed E-state index contributed by atoms with van der Waals surface area (Å²) in [7, 11) is 0. The molecule has 0 bridgehead atoms. The van der Waals surface area contributed by atoms with Gasteiger partial charge in [0.2, 0.25) is 0 Å². The molecule has 1 rings (SSSR count). The largest absolute Gasteiger partial charge is 0.573 e. The maximum Gasteiger partial charge on any atom is 0.573 e. The fourth-order valence-corrected chi connectivity index (χ4v) is 1.48. The topological polar surface area (TPSA) is 52.3 Å². The average molecular weight is 284 g/mol. The number of hydrogen-bond donors (Lipinski definition) is 1. The molecular weight excluding hydrogens is 279 g/mol. The van der Waals surface area contributed by atoms with Gasteiger partial charge in [0.05, 0.1) is 5.56 Å². The number of aldehydes is 1. The number of halogens is 4. The molecule has 0 aliphatic heterocycles. The Balaban J connectivity index is 3.09. The van der Waals surface area contributed by atoms with Crippen LogP contribution in [0.15, 0.2) is 16.6 Å². The number of ether oxygens (including phenoxy) is 1. The van der Waals surface area contributed by atoms with Crippen molar-refractivity contribution in [2.45, 2.75) is 6.36 Å². The van der Waals surface area contributed by atoms with Crippen LogP contribution >= 0.6 is 15.9 Å². The van der Waals surface area contributed by atoms with E-state index in [4.69, 9.17) is 5.73 Å². The van der Waals surface area contributed by atoms with E-state index in [0.717, 1.165) is 12.1 Å². The van der Waals surface area contributed by atoms with Gasteiger partial charge in [0.15, 0.2) is 6.29 Å². The lowest BCUT2D eigenvalue weighted by Gasteiger charge is -2.10. The molecule has 2 N–H and O–H groups in total. The normalized spacial score (nSPS) is 11.2. The van der Waals surface area contributed by atoms with Crippen molar-refractivity contribution >= 4 is 27.9 Å². The summed E-state index contributed by atoms with van der Waals surface area (Å²) in [4.78, 5) is 10.5. The van der Waals surface area contributed by atoms with Crippen molar-refractivity contribution in [1.29, 1.82) is 0 Å². The fourth-order valence-electron chi connectivity index (χ4n) is 0.930. The number of benzene rings is 1. The zero-order valence-corrected chi connectivity index (χ0v) is 8.72. The van der Waals surface area contributed by atoms with Gasteiger partial charge in [-0.2, -0.15) is 0 Å². The minimum atomic E-state index is -4.78. The lowest BCUT2D eigenvalue weighted by Crippen LogP contribution is -2.17. The summed E-state index contributed by atoms with van der Waals surface area (Å²) in [6, 6.07) is 1.95. The van der Waals surface area contributed by atoms with Gasteiger partial charge in [0, 0.05) is 16.2 Å². The molecule has 0 saturated carbocycles. The molecule has 0 radical (unpaired) electrons. The van der Waals surface area contributed by atoms with Crippen LogP contribution in [0.25, 0.3) is 0 Å². The third-order valence-corrected chi connectivity index (χ3v) is 2.14. The van der Waals surface area contributed by atoms with E-state index in [1.807, 2.05) is 0 Å². The second kappa shape index (κ2) is 4.09. The second-order valence-corrected chi connectivity index (χ2v) is 3.43. The Morgan fingerprint density at radius 2 is 2.00 bits per heavy atom. The SMILES string of the molecule is Nc1cc(OC(F)(F)F)cc(Br)c1C=O. The maximum absolute atomic E-state index is 11.8. The Kier molecular flexibility index (Phi) is 3.23. The molecular formula is C8H5BrF3NO2. The number of rotatable bonds is 2. The molecule has 1 aromatic rings. The fraction of sp³-hybridized carbons (Fsp3) is 0.125. The van der Waals surface area contributed by atoms with Crippen molar-refractivity contribution in [2.75, 3.05) is 5.73 Å². The highest BCUT2D eigenvalue weighted by Crippen LogP contribution is 2.30. The molecule has 0 amide bonds. The molecule has 0 unspecified atom stereocenters. The quantitative estimate of drug-likeness (QED) is 0.671. The van der Waals surface area contributed by atoms with Crippen molar-refractivity contribution in [3.05, 3.63) is 22.2 Å². The molecule has 0 saturated heterocycles. The van der Waals surface area contributed by atoms with E-state index in [1.54, 1.807) is 0 Å². The third-order valence-electron chi connectivity index (χ3n) is 1.49. The maximum atomic E-state index is 11.8. The Hall–Kier alpha value is -1.24. The minimum Gasteiger partial charge on any atom is -0.406 e. The average Bonchev–Trinajstić information content (AvgIpc) is 1.99. The van der Waals surface area contributed by atoms with Crippen LogP contribution in [0.1, 0.15) is 10.4 Å². The summed E-state index contributed by atoms with van der Waals surface area (Å²) in [6.45, 7) is 0. The summed E-state index contributed by atoms with van der Waals surface area (Å²) in [5, 5.41) is 0. The summed E-state index contributed by atoms with van der Waals surface area (Å²) >= 11 is 2.91. The Morgan fingerprint density at radius 1 is 1.40 bits per heavy atom.